The van der Waals surface area contributed by atoms with Gasteiger partial charge in [0.25, 0.3) is 0 Å². The fraction of sp³-hybridized carbons (Fsp3) is 0.467. The van der Waals surface area contributed by atoms with Crippen molar-refractivity contribution in [1.82, 2.24) is 14.9 Å². The summed E-state index contributed by atoms with van der Waals surface area (Å²) in [6.45, 7) is 7.10. The van der Waals surface area contributed by atoms with Gasteiger partial charge in [-0.2, -0.15) is 0 Å². The molecule has 0 unspecified atom stereocenters. The molecule has 21 heavy (non-hydrogen) atoms. The molecule has 1 aliphatic heterocycles. The molecule has 112 valence electrons. The fourth-order valence-electron chi connectivity index (χ4n) is 2.73. The minimum atomic E-state index is -0.398. The van der Waals surface area contributed by atoms with Crippen LogP contribution in [0.4, 0.5) is 10.2 Å². The van der Waals surface area contributed by atoms with Gasteiger partial charge in [-0.3, -0.25) is 0 Å². The summed E-state index contributed by atoms with van der Waals surface area (Å²) in [6, 6.07) is 3.09. The first kappa shape index (κ1) is 14.0. The van der Waals surface area contributed by atoms with Crippen LogP contribution in [0.5, 0.6) is 5.75 Å². The highest BCUT2D eigenvalue weighted by atomic mass is 19.1. The summed E-state index contributed by atoms with van der Waals surface area (Å²) >= 11 is 0. The predicted octanol–water partition coefficient (Wildman–Crippen LogP) is 1.92. The highest BCUT2D eigenvalue weighted by Crippen LogP contribution is 2.29. The second-order valence-corrected chi connectivity index (χ2v) is 5.12. The number of benzene rings is 1. The Kier molecular flexibility index (Phi) is 3.88. The standard InChI is InChI=1S/C15H19FN4O/c1-3-19-4-6-20(7-5-19)15-11-8-14(21-2)12(16)9-13(11)17-10-18-15/h8-10H,3-7H2,1-2H3. The third-order valence-corrected chi connectivity index (χ3v) is 4.01. The molecular formula is C15H19FN4O. The number of hydrogen-bond acceptors (Lipinski definition) is 5. The van der Waals surface area contributed by atoms with Crippen molar-refractivity contribution in [1.29, 1.82) is 0 Å². The first-order valence-corrected chi connectivity index (χ1v) is 7.18. The molecule has 1 aromatic heterocycles. The van der Waals surface area contributed by atoms with Gasteiger partial charge >= 0.3 is 0 Å². The molecule has 0 saturated carbocycles. The lowest BCUT2D eigenvalue weighted by Crippen LogP contribution is -2.46. The zero-order chi connectivity index (χ0) is 14.8. The Morgan fingerprint density at radius 1 is 1.19 bits per heavy atom. The minimum Gasteiger partial charge on any atom is -0.494 e. The summed E-state index contributed by atoms with van der Waals surface area (Å²) in [5, 5.41) is 0.834. The topological polar surface area (TPSA) is 41.5 Å². The second-order valence-electron chi connectivity index (χ2n) is 5.12. The number of anilines is 1. The van der Waals surface area contributed by atoms with E-state index in [1.807, 2.05) is 0 Å². The molecule has 0 spiro atoms. The van der Waals surface area contributed by atoms with Gasteiger partial charge in [-0.25, -0.2) is 14.4 Å². The monoisotopic (exact) mass is 290 g/mol. The third-order valence-electron chi connectivity index (χ3n) is 4.01. The molecule has 2 aromatic rings. The lowest BCUT2D eigenvalue weighted by molar-refractivity contribution is 0.271. The predicted molar refractivity (Wildman–Crippen MR) is 80.4 cm³/mol. The molecule has 5 nitrogen and oxygen atoms in total. The van der Waals surface area contributed by atoms with E-state index < -0.39 is 5.82 Å². The number of halogens is 1. The Labute approximate surface area is 123 Å². The minimum absolute atomic E-state index is 0.228. The summed E-state index contributed by atoms with van der Waals surface area (Å²) in [5.41, 5.74) is 0.608. The maximum Gasteiger partial charge on any atom is 0.167 e. The number of rotatable bonds is 3. The van der Waals surface area contributed by atoms with Crippen molar-refractivity contribution in [2.45, 2.75) is 6.92 Å². The van der Waals surface area contributed by atoms with Crippen molar-refractivity contribution >= 4 is 16.7 Å². The number of aromatic nitrogens is 2. The first-order valence-electron chi connectivity index (χ1n) is 7.18. The van der Waals surface area contributed by atoms with Gasteiger partial charge in [-0.1, -0.05) is 6.92 Å². The molecule has 6 heteroatoms. The van der Waals surface area contributed by atoms with Crippen LogP contribution < -0.4 is 9.64 Å². The van der Waals surface area contributed by atoms with E-state index in [2.05, 4.69) is 26.7 Å². The molecule has 0 N–H and O–H groups in total. The number of nitrogens with zero attached hydrogens (tertiary/aromatic N) is 4. The largest absolute Gasteiger partial charge is 0.494 e. The average Bonchev–Trinajstić information content (AvgIpc) is 2.53. The van der Waals surface area contributed by atoms with Gasteiger partial charge in [0.2, 0.25) is 0 Å². The summed E-state index contributed by atoms with van der Waals surface area (Å²) in [4.78, 5) is 13.2. The summed E-state index contributed by atoms with van der Waals surface area (Å²) in [7, 11) is 1.47. The maximum atomic E-state index is 13.8. The number of hydrogen-bond donors (Lipinski definition) is 0. The summed E-state index contributed by atoms with van der Waals surface area (Å²) in [6.07, 6.45) is 1.50. The third kappa shape index (κ3) is 2.63. The van der Waals surface area contributed by atoms with Crippen LogP contribution in [0.2, 0.25) is 0 Å². The Bertz CT molecular complexity index is 641. The van der Waals surface area contributed by atoms with Crippen LogP contribution in [-0.4, -0.2) is 54.7 Å². The van der Waals surface area contributed by atoms with Crippen LogP contribution in [-0.2, 0) is 0 Å². The van der Waals surface area contributed by atoms with Crippen molar-refractivity contribution in [2.24, 2.45) is 0 Å². The highest BCUT2D eigenvalue weighted by Gasteiger charge is 2.20. The Balaban J connectivity index is 1.99. The molecule has 1 aliphatic rings. The lowest BCUT2D eigenvalue weighted by Gasteiger charge is -2.35. The van der Waals surface area contributed by atoms with Gasteiger partial charge in [-0.15, -0.1) is 0 Å². The van der Waals surface area contributed by atoms with Gasteiger partial charge in [-0.05, 0) is 12.6 Å². The van der Waals surface area contributed by atoms with Crippen LogP contribution >= 0.6 is 0 Å². The van der Waals surface area contributed by atoms with Crippen LogP contribution in [0.15, 0.2) is 18.5 Å². The molecular weight excluding hydrogens is 271 g/mol. The fourth-order valence-corrected chi connectivity index (χ4v) is 2.73. The van der Waals surface area contributed by atoms with Crippen LogP contribution in [0, 0.1) is 5.82 Å². The zero-order valence-corrected chi connectivity index (χ0v) is 12.3. The van der Waals surface area contributed by atoms with E-state index in [0.29, 0.717) is 5.52 Å². The Morgan fingerprint density at radius 3 is 2.62 bits per heavy atom. The van der Waals surface area contributed by atoms with Crippen LogP contribution in [0.25, 0.3) is 10.9 Å². The molecule has 0 amide bonds. The normalized spacial score (nSPS) is 16.4. The highest BCUT2D eigenvalue weighted by molar-refractivity contribution is 5.90. The molecule has 3 rings (SSSR count). The molecule has 2 heterocycles. The van der Waals surface area contributed by atoms with Gasteiger partial charge in [0.15, 0.2) is 11.6 Å². The quantitative estimate of drug-likeness (QED) is 0.864. The number of piperazine rings is 1. The molecule has 0 radical (unpaired) electrons. The van der Waals surface area contributed by atoms with Crippen LogP contribution in [0.3, 0.4) is 0 Å². The maximum absolute atomic E-state index is 13.8. The summed E-state index contributed by atoms with van der Waals surface area (Å²) < 4.78 is 18.9. The molecule has 1 aromatic carbocycles. The van der Waals surface area contributed by atoms with Crippen molar-refractivity contribution in [2.75, 3.05) is 44.7 Å². The van der Waals surface area contributed by atoms with E-state index in [0.717, 1.165) is 43.9 Å². The summed E-state index contributed by atoms with van der Waals surface area (Å²) in [5.74, 6) is 0.685. The van der Waals surface area contributed by atoms with Crippen molar-refractivity contribution < 1.29 is 9.13 Å². The van der Waals surface area contributed by atoms with Crippen molar-refractivity contribution in [3.63, 3.8) is 0 Å². The smallest absolute Gasteiger partial charge is 0.167 e. The Hall–Kier alpha value is -1.95. The second kappa shape index (κ2) is 5.81. The zero-order valence-electron chi connectivity index (χ0n) is 12.3. The number of ether oxygens (including phenoxy) is 1. The van der Waals surface area contributed by atoms with Gasteiger partial charge in [0.1, 0.15) is 12.1 Å². The van der Waals surface area contributed by atoms with Gasteiger partial charge < -0.3 is 14.5 Å². The molecule has 1 saturated heterocycles. The van der Waals surface area contributed by atoms with Crippen LogP contribution in [0.1, 0.15) is 6.92 Å². The van der Waals surface area contributed by atoms with Crippen molar-refractivity contribution in [3.8, 4) is 5.75 Å². The molecule has 0 atom stereocenters. The van der Waals surface area contributed by atoms with Gasteiger partial charge in [0, 0.05) is 37.6 Å². The molecule has 0 bridgehead atoms. The molecule has 0 aliphatic carbocycles. The van der Waals surface area contributed by atoms with E-state index >= 15 is 0 Å². The number of fused-ring (bicyclic) bond motifs is 1. The first-order chi connectivity index (χ1) is 10.2. The number of likely N-dealkylation sites (N-methyl/N-ethyl adjacent to an activating group) is 1. The van der Waals surface area contributed by atoms with Gasteiger partial charge in [0.05, 0.1) is 12.6 Å². The van der Waals surface area contributed by atoms with Crippen molar-refractivity contribution in [3.05, 3.63) is 24.3 Å². The van der Waals surface area contributed by atoms with E-state index in [9.17, 15) is 4.39 Å². The average molecular weight is 290 g/mol. The number of methoxy groups -OCH3 is 1. The Morgan fingerprint density at radius 2 is 1.95 bits per heavy atom. The lowest BCUT2D eigenvalue weighted by atomic mass is 10.2. The SMILES string of the molecule is CCN1CCN(c2ncnc3cc(F)c(OC)cc23)CC1. The molecule has 1 fully saturated rings. The van der Waals surface area contributed by atoms with E-state index in [1.54, 1.807) is 6.07 Å². The van der Waals surface area contributed by atoms with E-state index in [1.165, 1.54) is 19.5 Å². The van der Waals surface area contributed by atoms with E-state index in [4.69, 9.17) is 4.74 Å². The van der Waals surface area contributed by atoms with E-state index in [-0.39, 0.29) is 5.75 Å².